The van der Waals surface area contributed by atoms with Gasteiger partial charge in [-0.05, 0) is 13.8 Å². The summed E-state index contributed by atoms with van der Waals surface area (Å²) in [5.41, 5.74) is 0. The molecule has 1 heterocycles. The smallest absolute Gasteiger partial charge is 0.328 e. The Balaban J connectivity index is 2.42. The van der Waals surface area contributed by atoms with E-state index < -0.39 is 18.0 Å². The summed E-state index contributed by atoms with van der Waals surface area (Å²) in [6, 6.07) is -1.45. The maximum absolute atomic E-state index is 12.0. The van der Waals surface area contributed by atoms with Gasteiger partial charge in [0.15, 0.2) is 6.04 Å². The average Bonchev–Trinajstić information content (AvgIpc) is 2.48. The Hall–Kier alpha value is -1.83. The molecule has 21 heavy (non-hydrogen) atoms. The number of carboxylic acids is 1. The molecule has 0 aliphatic carbocycles. The minimum atomic E-state index is -1.09. The fourth-order valence-corrected chi connectivity index (χ4v) is 2.16. The summed E-state index contributed by atoms with van der Waals surface area (Å²) >= 11 is 0. The molecule has 8 nitrogen and oxygen atoms in total. The second kappa shape index (κ2) is 8.46. The molecule has 0 spiro atoms. The molecule has 1 aliphatic heterocycles. The first kappa shape index (κ1) is 17.2. The zero-order chi connectivity index (χ0) is 15.8. The molecule has 8 heteroatoms. The topological polar surface area (TPSA) is 99.2 Å². The third-order valence-electron chi connectivity index (χ3n) is 3.41. The molecule has 120 valence electrons. The number of morpholine rings is 1. The van der Waals surface area contributed by atoms with Crippen molar-refractivity contribution >= 4 is 17.9 Å². The SMILES string of the molecule is CCN(CC)C(=O)CCNC(=O)N1CCOCC1C(=O)O. The van der Waals surface area contributed by atoms with Gasteiger partial charge in [0, 0.05) is 32.6 Å². The normalized spacial score (nSPS) is 18.2. The van der Waals surface area contributed by atoms with Gasteiger partial charge < -0.3 is 25.0 Å². The molecular formula is C13H23N3O5. The molecule has 0 aromatic carbocycles. The van der Waals surface area contributed by atoms with Crippen LogP contribution in [0.25, 0.3) is 0 Å². The van der Waals surface area contributed by atoms with Crippen LogP contribution < -0.4 is 5.32 Å². The molecule has 0 bridgehead atoms. The van der Waals surface area contributed by atoms with Gasteiger partial charge in [-0.25, -0.2) is 9.59 Å². The molecule has 1 unspecified atom stereocenters. The van der Waals surface area contributed by atoms with Crippen molar-refractivity contribution in [3.8, 4) is 0 Å². The van der Waals surface area contributed by atoms with Crippen LogP contribution in [-0.2, 0) is 14.3 Å². The van der Waals surface area contributed by atoms with E-state index in [4.69, 9.17) is 9.84 Å². The van der Waals surface area contributed by atoms with Crippen LogP contribution in [0.3, 0.4) is 0 Å². The molecule has 1 rings (SSSR count). The highest BCUT2D eigenvalue weighted by molar-refractivity contribution is 5.83. The highest BCUT2D eigenvalue weighted by Crippen LogP contribution is 2.07. The standard InChI is InChI=1S/C13H23N3O5/c1-3-15(4-2)11(17)5-6-14-13(20)16-7-8-21-9-10(16)12(18)19/h10H,3-9H2,1-2H3,(H,14,20)(H,18,19). The number of urea groups is 1. The monoisotopic (exact) mass is 301 g/mol. The van der Waals surface area contributed by atoms with Crippen molar-refractivity contribution in [1.29, 1.82) is 0 Å². The largest absolute Gasteiger partial charge is 0.480 e. The number of nitrogens with zero attached hydrogens (tertiary/aromatic N) is 2. The van der Waals surface area contributed by atoms with Gasteiger partial charge in [0.05, 0.1) is 13.2 Å². The summed E-state index contributed by atoms with van der Waals surface area (Å²) in [6.45, 7) is 5.78. The average molecular weight is 301 g/mol. The minimum absolute atomic E-state index is 0.0128. The molecule has 0 saturated carbocycles. The number of hydrogen-bond donors (Lipinski definition) is 2. The first-order chi connectivity index (χ1) is 10.0. The molecule has 1 fully saturated rings. The van der Waals surface area contributed by atoms with Gasteiger partial charge in [0.2, 0.25) is 5.91 Å². The van der Waals surface area contributed by atoms with Crippen molar-refractivity contribution in [3.05, 3.63) is 0 Å². The van der Waals surface area contributed by atoms with Crippen LogP contribution in [0.2, 0.25) is 0 Å². The van der Waals surface area contributed by atoms with Crippen LogP contribution in [0, 0.1) is 0 Å². The number of ether oxygens (including phenoxy) is 1. The Morgan fingerprint density at radius 2 is 2.00 bits per heavy atom. The number of rotatable bonds is 6. The molecule has 0 radical (unpaired) electrons. The molecule has 0 aromatic heterocycles. The summed E-state index contributed by atoms with van der Waals surface area (Å²) < 4.78 is 5.06. The second-order valence-electron chi connectivity index (χ2n) is 4.67. The van der Waals surface area contributed by atoms with E-state index in [0.29, 0.717) is 19.7 Å². The fraction of sp³-hybridized carbons (Fsp3) is 0.769. The zero-order valence-electron chi connectivity index (χ0n) is 12.5. The van der Waals surface area contributed by atoms with Crippen molar-refractivity contribution in [2.75, 3.05) is 39.4 Å². The van der Waals surface area contributed by atoms with Gasteiger partial charge in [-0.2, -0.15) is 0 Å². The van der Waals surface area contributed by atoms with Crippen molar-refractivity contribution in [2.45, 2.75) is 26.3 Å². The van der Waals surface area contributed by atoms with Gasteiger partial charge in [0.25, 0.3) is 0 Å². The van der Waals surface area contributed by atoms with Crippen LogP contribution in [0.15, 0.2) is 0 Å². The van der Waals surface area contributed by atoms with Gasteiger partial charge in [-0.15, -0.1) is 0 Å². The summed E-state index contributed by atoms with van der Waals surface area (Å²) in [5, 5.41) is 11.6. The van der Waals surface area contributed by atoms with E-state index in [9.17, 15) is 14.4 Å². The molecule has 2 N–H and O–H groups in total. The Labute approximate surface area is 124 Å². The highest BCUT2D eigenvalue weighted by Gasteiger charge is 2.32. The van der Waals surface area contributed by atoms with Crippen molar-refractivity contribution in [2.24, 2.45) is 0 Å². The van der Waals surface area contributed by atoms with Crippen LogP contribution in [0.5, 0.6) is 0 Å². The van der Waals surface area contributed by atoms with Crippen LogP contribution in [0.1, 0.15) is 20.3 Å². The molecule has 1 aliphatic rings. The Morgan fingerprint density at radius 3 is 2.57 bits per heavy atom. The van der Waals surface area contributed by atoms with E-state index in [2.05, 4.69) is 5.32 Å². The zero-order valence-corrected chi connectivity index (χ0v) is 12.5. The highest BCUT2D eigenvalue weighted by atomic mass is 16.5. The van der Waals surface area contributed by atoms with Gasteiger partial charge in [0.1, 0.15) is 0 Å². The molecular weight excluding hydrogens is 278 g/mol. The molecule has 1 saturated heterocycles. The Morgan fingerprint density at radius 1 is 1.33 bits per heavy atom. The summed E-state index contributed by atoms with van der Waals surface area (Å²) in [6.07, 6.45) is 0.204. The second-order valence-corrected chi connectivity index (χ2v) is 4.67. The van der Waals surface area contributed by atoms with E-state index in [-0.39, 0.29) is 32.0 Å². The van der Waals surface area contributed by atoms with Crippen molar-refractivity contribution < 1.29 is 24.2 Å². The lowest BCUT2D eigenvalue weighted by Gasteiger charge is -2.32. The van der Waals surface area contributed by atoms with Crippen LogP contribution in [-0.4, -0.2) is 78.2 Å². The predicted molar refractivity (Wildman–Crippen MR) is 74.9 cm³/mol. The first-order valence-electron chi connectivity index (χ1n) is 7.14. The third kappa shape index (κ3) is 4.89. The maximum Gasteiger partial charge on any atom is 0.328 e. The minimum Gasteiger partial charge on any atom is -0.480 e. The Kier molecular flexibility index (Phi) is 6.93. The molecule has 1 atom stereocenters. The summed E-state index contributed by atoms with van der Waals surface area (Å²) in [4.78, 5) is 37.7. The van der Waals surface area contributed by atoms with E-state index in [0.717, 1.165) is 0 Å². The van der Waals surface area contributed by atoms with E-state index in [1.807, 2.05) is 13.8 Å². The lowest BCUT2D eigenvalue weighted by Crippen LogP contribution is -2.55. The number of nitrogens with one attached hydrogen (secondary N) is 1. The number of aliphatic carboxylic acids is 1. The quantitative estimate of drug-likeness (QED) is 0.704. The van der Waals surface area contributed by atoms with Crippen LogP contribution >= 0.6 is 0 Å². The number of amides is 3. The Bertz CT molecular complexity index is 384. The summed E-state index contributed by atoms with van der Waals surface area (Å²) in [5.74, 6) is -1.12. The van der Waals surface area contributed by atoms with E-state index in [1.165, 1.54) is 4.90 Å². The number of hydrogen-bond acceptors (Lipinski definition) is 4. The lowest BCUT2D eigenvalue weighted by atomic mass is 10.2. The lowest BCUT2D eigenvalue weighted by molar-refractivity contribution is -0.147. The van der Waals surface area contributed by atoms with Gasteiger partial charge >= 0.3 is 12.0 Å². The number of carbonyl (C=O) groups is 3. The van der Waals surface area contributed by atoms with E-state index >= 15 is 0 Å². The number of carboxylic acid groups (broad SMARTS) is 1. The molecule has 3 amide bonds. The maximum atomic E-state index is 12.0. The van der Waals surface area contributed by atoms with Crippen molar-refractivity contribution in [1.82, 2.24) is 15.1 Å². The summed E-state index contributed by atoms with van der Waals surface area (Å²) in [7, 11) is 0. The van der Waals surface area contributed by atoms with E-state index in [1.54, 1.807) is 4.90 Å². The number of carbonyl (C=O) groups excluding carboxylic acids is 2. The predicted octanol–water partition coefficient (Wildman–Crippen LogP) is -0.260. The van der Waals surface area contributed by atoms with Crippen LogP contribution in [0.4, 0.5) is 4.79 Å². The fourth-order valence-electron chi connectivity index (χ4n) is 2.16. The third-order valence-corrected chi connectivity index (χ3v) is 3.41. The van der Waals surface area contributed by atoms with Gasteiger partial charge in [-0.3, -0.25) is 4.79 Å². The molecule has 0 aromatic rings. The van der Waals surface area contributed by atoms with Gasteiger partial charge in [-0.1, -0.05) is 0 Å². The first-order valence-corrected chi connectivity index (χ1v) is 7.14. The van der Waals surface area contributed by atoms with Crippen molar-refractivity contribution in [3.63, 3.8) is 0 Å².